The van der Waals surface area contributed by atoms with Crippen molar-refractivity contribution in [1.29, 1.82) is 0 Å². The zero-order chi connectivity index (χ0) is 20.5. The van der Waals surface area contributed by atoms with Crippen LogP contribution in [0.1, 0.15) is 57.6 Å². The molecule has 8 heteroatoms. The molecule has 154 valence electrons. The van der Waals surface area contributed by atoms with E-state index < -0.39 is 23.8 Å². The van der Waals surface area contributed by atoms with E-state index in [4.69, 9.17) is 0 Å². The molecule has 0 heterocycles. The van der Waals surface area contributed by atoms with E-state index in [0.29, 0.717) is 11.3 Å². The van der Waals surface area contributed by atoms with Crippen molar-refractivity contribution < 1.29 is 28.2 Å². The van der Waals surface area contributed by atoms with Crippen molar-refractivity contribution in [2.45, 2.75) is 68.7 Å². The van der Waals surface area contributed by atoms with Crippen molar-refractivity contribution in [3.8, 4) is 0 Å². The van der Waals surface area contributed by atoms with E-state index in [0.717, 1.165) is 30.6 Å². The number of alkyl halides is 3. The number of aliphatic hydroxyl groups is 2. The topological polar surface area (TPSA) is 69.6 Å². The van der Waals surface area contributed by atoms with Gasteiger partial charge in [0, 0.05) is 17.2 Å². The molecule has 1 unspecified atom stereocenters. The van der Waals surface area contributed by atoms with E-state index in [2.05, 4.69) is 0 Å². The van der Waals surface area contributed by atoms with Crippen LogP contribution >= 0.6 is 11.8 Å². The Hall–Kier alpha value is -1.25. The minimum absolute atomic E-state index is 0.0223. The molecule has 0 aliphatic rings. The number of aliphatic hydroxyl groups excluding tert-OH is 1. The number of hydrogen-bond acceptors (Lipinski definition) is 4. The van der Waals surface area contributed by atoms with Gasteiger partial charge in [-0.1, -0.05) is 38.8 Å². The molecule has 0 spiro atoms. The number of carbonyl (C=O) groups is 1. The number of benzene rings is 1. The molecule has 0 radical (unpaired) electrons. The molecule has 3 N–H and O–H groups in total. The van der Waals surface area contributed by atoms with Gasteiger partial charge in [-0.05, 0) is 37.0 Å². The van der Waals surface area contributed by atoms with Crippen molar-refractivity contribution >= 4 is 17.7 Å². The predicted octanol–water partition coefficient (Wildman–Crippen LogP) is 4.21. The maximum atomic E-state index is 12.1. The summed E-state index contributed by atoms with van der Waals surface area (Å²) in [6.45, 7) is 3.78. The lowest BCUT2D eigenvalue weighted by atomic mass is 9.95. The van der Waals surface area contributed by atoms with Crippen LogP contribution in [0.5, 0.6) is 0 Å². The Morgan fingerprint density at radius 2 is 1.85 bits per heavy atom. The number of halogens is 3. The first-order valence-corrected chi connectivity index (χ1v) is 10.1. The van der Waals surface area contributed by atoms with E-state index >= 15 is 0 Å². The van der Waals surface area contributed by atoms with Crippen LogP contribution < -0.4 is 5.32 Å². The monoisotopic (exact) mass is 407 g/mol. The fraction of sp³-hybridized carbons (Fsp3) is 0.632. The van der Waals surface area contributed by atoms with E-state index in [1.807, 2.05) is 19.9 Å². The number of hydrogen-bond donors (Lipinski definition) is 3. The van der Waals surface area contributed by atoms with Gasteiger partial charge in [-0.15, -0.1) is 11.8 Å². The molecule has 1 aromatic carbocycles. The summed E-state index contributed by atoms with van der Waals surface area (Å²) < 4.78 is 36.4. The minimum atomic E-state index is -4.92. The molecule has 0 aromatic heterocycles. The highest BCUT2D eigenvalue weighted by Crippen LogP contribution is 2.30. The summed E-state index contributed by atoms with van der Waals surface area (Å²) in [6.07, 6.45) is -2.71. The summed E-state index contributed by atoms with van der Waals surface area (Å²) >= 11 is 1.49. The lowest BCUT2D eigenvalue weighted by Crippen LogP contribution is -2.37. The number of amides is 1. The number of carbonyl (C=O) groups excluding carboxylic acids is 1. The second kappa shape index (κ2) is 10.9. The van der Waals surface area contributed by atoms with Gasteiger partial charge in [0.2, 0.25) is 0 Å². The maximum absolute atomic E-state index is 12.1. The largest absolute Gasteiger partial charge is 0.471 e. The van der Waals surface area contributed by atoms with Gasteiger partial charge in [0.25, 0.3) is 0 Å². The van der Waals surface area contributed by atoms with Crippen LogP contribution in [0.4, 0.5) is 13.2 Å². The molecule has 1 amide bonds. The molecule has 1 rings (SSSR count). The number of nitrogens with one attached hydrogen (secondary N) is 1. The van der Waals surface area contributed by atoms with Crippen LogP contribution in [-0.2, 0) is 4.79 Å². The molecule has 0 aliphatic carbocycles. The highest BCUT2D eigenvalue weighted by Gasteiger charge is 2.38. The third-order valence-electron chi connectivity index (χ3n) is 4.14. The second-order valence-corrected chi connectivity index (χ2v) is 7.69. The lowest BCUT2D eigenvalue weighted by molar-refractivity contribution is -0.173. The first-order chi connectivity index (χ1) is 12.6. The molecular weight excluding hydrogens is 379 g/mol. The van der Waals surface area contributed by atoms with E-state index in [-0.39, 0.29) is 13.0 Å². The standard InChI is InChI=1S/C19H28F3NO3S/c1-3-9-18(26,10-4-2)13-27-15-7-5-6-14(12-15)16(24)8-11-23-17(25)19(20,21)22/h5-7,12,16,24,26H,3-4,8-11,13H2,1-2H3,(H,23,25). The Kier molecular flexibility index (Phi) is 9.62. The Labute approximate surface area is 162 Å². The summed E-state index contributed by atoms with van der Waals surface area (Å²) in [5, 5.41) is 22.6. The van der Waals surface area contributed by atoms with E-state index in [1.165, 1.54) is 11.8 Å². The van der Waals surface area contributed by atoms with Crippen LogP contribution in [0, 0.1) is 0 Å². The Morgan fingerprint density at radius 1 is 1.22 bits per heavy atom. The summed E-state index contributed by atoms with van der Waals surface area (Å²) in [4.78, 5) is 11.6. The van der Waals surface area contributed by atoms with Gasteiger partial charge in [-0.3, -0.25) is 4.79 Å². The second-order valence-electron chi connectivity index (χ2n) is 6.64. The summed E-state index contributed by atoms with van der Waals surface area (Å²) in [6, 6.07) is 7.07. The van der Waals surface area contributed by atoms with Crippen LogP contribution in [0.3, 0.4) is 0 Å². The van der Waals surface area contributed by atoms with Gasteiger partial charge < -0.3 is 15.5 Å². The van der Waals surface area contributed by atoms with E-state index in [9.17, 15) is 28.2 Å². The van der Waals surface area contributed by atoms with Gasteiger partial charge in [0.15, 0.2) is 0 Å². The van der Waals surface area contributed by atoms with Gasteiger partial charge in [-0.2, -0.15) is 13.2 Å². The van der Waals surface area contributed by atoms with Crippen molar-refractivity contribution in [2.24, 2.45) is 0 Å². The molecule has 1 atom stereocenters. The summed E-state index contributed by atoms with van der Waals surface area (Å²) in [5.74, 6) is -1.47. The third-order valence-corrected chi connectivity index (χ3v) is 5.41. The number of thioether (sulfide) groups is 1. The average Bonchev–Trinajstić information content (AvgIpc) is 2.60. The summed E-state index contributed by atoms with van der Waals surface area (Å²) in [5.41, 5.74) is -0.166. The molecule has 0 saturated carbocycles. The molecule has 4 nitrogen and oxygen atoms in total. The van der Waals surface area contributed by atoms with Gasteiger partial charge >= 0.3 is 12.1 Å². The molecule has 27 heavy (non-hydrogen) atoms. The molecule has 0 saturated heterocycles. The fourth-order valence-corrected chi connectivity index (χ4v) is 3.94. The highest BCUT2D eigenvalue weighted by atomic mass is 32.2. The zero-order valence-corrected chi connectivity index (χ0v) is 16.5. The molecule has 0 fully saturated rings. The Balaban J connectivity index is 2.60. The minimum Gasteiger partial charge on any atom is -0.389 e. The first kappa shape index (κ1) is 23.8. The quantitative estimate of drug-likeness (QED) is 0.481. The number of rotatable bonds is 11. The molecule has 1 aromatic rings. The smallest absolute Gasteiger partial charge is 0.389 e. The Morgan fingerprint density at radius 3 is 2.41 bits per heavy atom. The molecule has 0 bridgehead atoms. The third kappa shape index (κ3) is 8.53. The normalized spacial score (nSPS) is 13.4. The average molecular weight is 407 g/mol. The summed E-state index contributed by atoms with van der Waals surface area (Å²) in [7, 11) is 0. The van der Waals surface area contributed by atoms with Gasteiger partial charge in [0.1, 0.15) is 0 Å². The lowest BCUT2D eigenvalue weighted by Gasteiger charge is -2.27. The predicted molar refractivity (Wildman–Crippen MR) is 101 cm³/mol. The van der Waals surface area contributed by atoms with Crippen LogP contribution in [0.2, 0.25) is 0 Å². The van der Waals surface area contributed by atoms with Crippen molar-refractivity contribution in [2.75, 3.05) is 12.3 Å². The van der Waals surface area contributed by atoms with Crippen molar-refractivity contribution in [3.05, 3.63) is 29.8 Å². The highest BCUT2D eigenvalue weighted by molar-refractivity contribution is 7.99. The van der Waals surface area contributed by atoms with Gasteiger partial charge in [-0.25, -0.2) is 0 Å². The molecule has 0 aliphatic heterocycles. The first-order valence-electron chi connectivity index (χ1n) is 9.09. The zero-order valence-electron chi connectivity index (χ0n) is 15.7. The SMILES string of the molecule is CCCC(O)(CCC)CSc1cccc(C(O)CCNC(=O)C(F)(F)F)c1. The Bertz CT molecular complexity index is 590. The van der Waals surface area contributed by atoms with Crippen LogP contribution in [0.15, 0.2) is 29.2 Å². The maximum Gasteiger partial charge on any atom is 0.471 e. The van der Waals surface area contributed by atoms with Crippen molar-refractivity contribution in [3.63, 3.8) is 0 Å². The van der Waals surface area contributed by atoms with Crippen LogP contribution in [0.25, 0.3) is 0 Å². The van der Waals surface area contributed by atoms with Crippen molar-refractivity contribution in [1.82, 2.24) is 5.32 Å². The van der Waals surface area contributed by atoms with E-state index in [1.54, 1.807) is 23.5 Å². The fourth-order valence-electron chi connectivity index (χ4n) is 2.82. The van der Waals surface area contributed by atoms with Gasteiger partial charge in [0.05, 0.1) is 11.7 Å². The van der Waals surface area contributed by atoms with Crippen LogP contribution in [-0.4, -0.2) is 40.2 Å². The molecular formula is C19H28F3NO3S.